The van der Waals surface area contributed by atoms with Crippen LogP contribution in [0.2, 0.25) is 0 Å². The summed E-state index contributed by atoms with van der Waals surface area (Å²) in [6, 6.07) is 13.5. The van der Waals surface area contributed by atoms with Crippen molar-refractivity contribution in [3.63, 3.8) is 0 Å². The molecule has 0 fully saturated rings. The van der Waals surface area contributed by atoms with E-state index in [1.807, 2.05) is 24.3 Å². The van der Waals surface area contributed by atoms with Crippen molar-refractivity contribution in [1.29, 1.82) is 0 Å². The first-order valence-corrected chi connectivity index (χ1v) is 8.11. The number of pyridine rings is 2. The number of primary amides is 1. The van der Waals surface area contributed by atoms with E-state index in [9.17, 15) is 9.18 Å². The Kier molecular flexibility index (Phi) is 5.46. The number of amides is 1. The molecule has 7 nitrogen and oxygen atoms in total. The van der Waals surface area contributed by atoms with Crippen molar-refractivity contribution in [2.45, 2.75) is 6.54 Å². The zero-order chi connectivity index (χ0) is 19.2. The number of nitrogens with one attached hydrogen (secondary N) is 2. The van der Waals surface area contributed by atoms with Gasteiger partial charge in [-0.3, -0.25) is 4.79 Å². The average Bonchev–Trinajstić information content (AvgIpc) is 2.67. The molecule has 1 aromatic carbocycles. The lowest BCUT2D eigenvalue weighted by Crippen LogP contribution is -2.15. The summed E-state index contributed by atoms with van der Waals surface area (Å²) in [5.41, 5.74) is 7.41. The largest absolute Gasteiger partial charge is 0.497 e. The maximum absolute atomic E-state index is 13.2. The molecule has 3 aromatic rings. The monoisotopic (exact) mass is 367 g/mol. The molecule has 3 rings (SSSR count). The van der Waals surface area contributed by atoms with Crippen molar-refractivity contribution in [3.05, 3.63) is 71.9 Å². The lowest BCUT2D eigenvalue weighted by Gasteiger charge is -2.13. The highest BCUT2D eigenvalue weighted by molar-refractivity contribution is 5.98. The summed E-state index contributed by atoms with van der Waals surface area (Å²) in [5.74, 6) is 0.0663. The Balaban J connectivity index is 1.80. The summed E-state index contributed by atoms with van der Waals surface area (Å²) in [6.45, 7) is 0.226. The molecule has 138 valence electrons. The highest BCUT2D eigenvalue weighted by Gasteiger charge is 2.11. The van der Waals surface area contributed by atoms with E-state index < -0.39 is 11.9 Å². The standard InChI is InChI=1S/C19H18FN5O2/c1-27-14-7-5-12(6-8-14)25-18-9-16(15(11-23-18)19(21)26)22-10-13-3-2-4-17(20)24-13/h2-9,11H,10H2,1H3,(H2,21,26)(H2,22,23,25). The molecule has 8 heteroatoms. The lowest BCUT2D eigenvalue weighted by atomic mass is 10.2. The fourth-order valence-corrected chi connectivity index (χ4v) is 2.42. The number of aromatic nitrogens is 2. The van der Waals surface area contributed by atoms with Gasteiger partial charge in [0.15, 0.2) is 0 Å². The van der Waals surface area contributed by atoms with Gasteiger partial charge in [0.05, 0.1) is 30.6 Å². The van der Waals surface area contributed by atoms with E-state index in [2.05, 4.69) is 20.6 Å². The highest BCUT2D eigenvalue weighted by atomic mass is 19.1. The van der Waals surface area contributed by atoms with Crippen LogP contribution < -0.4 is 21.1 Å². The molecule has 4 N–H and O–H groups in total. The number of benzene rings is 1. The molecule has 0 aliphatic carbocycles. The first-order valence-electron chi connectivity index (χ1n) is 8.11. The van der Waals surface area contributed by atoms with E-state index in [1.165, 1.54) is 12.3 Å². The van der Waals surface area contributed by atoms with Crippen LogP contribution in [0.15, 0.2) is 54.7 Å². The number of anilines is 3. The number of ether oxygens (including phenoxy) is 1. The Bertz CT molecular complexity index is 947. The van der Waals surface area contributed by atoms with Crippen LogP contribution in [0.5, 0.6) is 5.75 Å². The Labute approximate surface area is 155 Å². The minimum Gasteiger partial charge on any atom is -0.497 e. The molecule has 0 saturated heterocycles. The number of nitrogens with zero attached hydrogens (tertiary/aromatic N) is 2. The van der Waals surface area contributed by atoms with Crippen LogP contribution in [-0.2, 0) is 6.54 Å². The summed E-state index contributed by atoms with van der Waals surface area (Å²) >= 11 is 0. The third-order valence-corrected chi connectivity index (χ3v) is 3.76. The number of hydrogen-bond acceptors (Lipinski definition) is 6. The third kappa shape index (κ3) is 4.69. The molecule has 27 heavy (non-hydrogen) atoms. The Morgan fingerprint density at radius 2 is 2.00 bits per heavy atom. The van der Waals surface area contributed by atoms with Crippen molar-refractivity contribution < 1.29 is 13.9 Å². The number of rotatable bonds is 7. The van der Waals surface area contributed by atoms with Crippen molar-refractivity contribution in [3.8, 4) is 5.75 Å². The number of hydrogen-bond donors (Lipinski definition) is 3. The van der Waals surface area contributed by atoms with Gasteiger partial charge in [-0.15, -0.1) is 0 Å². The van der Waals surface area contributed by atoms with Crippen LogP contribution in [0.25, 0.3) is 0 Å². The van der Waals surface area contributed by atoms with Crippen molar-refractivity contribution >= 4 is 23.1 Å². The molecule has 2 heterocycles. The van der Waals surface area contributed by atoms with Gasteiger partial charge in [-0.2, -0.15) is 4.39 Å². The van der Waals surface area contributed by atoms with Gasteiger partial charge in [-0.1, -0.05) is 6.07 Å². The van der Waals surface area contributed by atoms with Gasteiger partial charge in [0.25, 0.3) is 5.91 Å². The molecule has 0 unspecified atom stereocenters. The summed E-state index contributed by atoms with van der Waals surface area (Å²) in [7, 11) is 1.60. The summed E-state index contributed by atoms with van der Waals surface area (Å²) in [5, 5.41) is 6.19. The summed E-state index contributed by atoms with van der Waals surface area (Å²) < 4.78 is 18.3. The second kappa shape index (κ2) is 8.13. The van der Waals surface area contributed by atoms with Crippen LogP contribution in [0, 0.1) is 5.95 Å². The topological polar surface area (TPSA) is 102 Å². The normalized spacial score (nSPS) is 10.3. The molecule has 1 amide bonds. The molecule has 0 spiro atoms. The first kappa shape index (κ1) is 18.1. The summed E-state index contributed by atoms with van der Waals surface area (Å²) in [4.78, 5) is 19.6. The molecule has 0 aliphatic heterocycles. The van der Waals surface area contributed by atoms with Gasteiger partial charge in [0.1, 0.15) is 11.6 Å². The molecular formula is C19H18FN5O2. The Hall–Kier alpha value is -3.68. The van der Waals surface area contributed by atoms with E-state index in [-0.39, 0.29) is 12.1 Å². The zero-order valence-electron chi connectivity index (χ0n) is 14.6. The fourth-order valence-electron chi connectivity index (χ4n) is 2.42. The smallest absolute Gasteiger partial charge is 0.252 e. The molecular weight excluding hydrogens is 349 g/mol. The predicted octanol–water partition coefficient (Wildman–Crippen LogP) is 3.08. The van der Waals surface area contributed by atoms with Gasteiger partial charge in [0.2, 0.25) is 5.95 Å². The van der Waals surface area contributed by atoms with Crippen LogP contribution in [0.3, 0.4) is 0 Å². The average molecular weight is 367 g/mol. The first-order chi connectivity index (χ1) is 13.0. The number of carbonyl (C=O) groups is 1. The molecule has 0 aliphatic rings. The lowest BCUT2D eigenvalue weighted by molar-refractivity contribution is 0.100. The van der Waals surface area contributed by atoms with Crippen LogP contribution in [-0.4, -0.2) is 23.0 Å². The van der Waals surface area contributed by atoms with Crippen molar-refractivity contribution in [2.75, 3.05) is 17.7 Å². The van der Waals surface area contributed by atoms with Gasteiger partial charge in [-0.05, 0) is 36.4 Å². The minimum atomic E-state index is -0.617. The maximum Gasteiger partial charge on any atom is 0.252 e. The SMILES string of the molecule is COc1ccc(Nc2cc(NCc3cccc(F)n3)c(C(N)=O)cn2)cc1. The van der Waals surface area contributed by atoms with Crippen LogP contribution >= 0.6 is 0 Å². The van der Waals surface area contributed by atoms with Crippen LogP contribution in [0.1, 0.15) is 16.1 Å². The molecule has 0 bridgehead atoms. The van der Waals surface area contributed by atoms with E-state index >= 15 is 0 Å². The number of halogens is 1. The summed E-state index contributed by atoms with van der Waals surface area (Å²) in [6.07, 6.45) is 1.38. The van der Waals surface area contributed by atoms with Gasteiger partial charge < -0.3 is 21.1 Å². The predicted molar refractivity (Wildman–Crippen MR) is 101 cm³/mol. The van der Waals surface area contributed by atoms with Crippen LogP contribution in [0.4, 0.5) is 21.6 Å². The molecule has 0 saturated carbocycles. The highest BCUT2D eigenvalue weighted by Crippen LogP contribution is 2.23. The van der Waals surface area contributed by atoms with E-state index in [0.717, 1.165) is 11.4 Å². The number of nitrogens with two attached hydrogens (primary N) is 1. The second-order valence-electron chi connectivity index (χ2n) is 5.64. The Morgan fingerprint density at radius 3 is 2.67 bits per heavy atom. The molecule has 2 aromatic heterocycles. The fraction of sp³-hybridized carbons (Fsp3) is 0.105. The number of carbonyl (C=O) groups excluding carboxylic acids is 1. The van der Waals surface area contributed by atoms with Gasteiger partial charge >= 0.3 is 0 Å². The quantitative estimate of drug-likeness (QED) is 0.555. The van der Waals surface area contributed by atoms with Crippen molar-refractivity contribution in [1.82, 2.24) is 9.97 Å². The van der Waals surface area contributed by atoms with Gasteiger partial charge in [-0.25, -0.2) is 9.97 Å². The second-order valence-corrected chi connectivity index (χ2v) is 5.64. The molecule has 0 atom stereocenters. The third-order valence-electron chi connectivity index (χ3n) is 3.76. The minimum absolute atomic E-state index is 0.226. The van der Waals surface area contributed by atoms with Crippen molar-refractivity contribution in [2.24, 2.45) is 5.73 Å². The Morgan fingerprint density at radius 1 is 1.22 bits per heavy atom. The van der Waals surface area contributed by atoms with E-state index in [0.29, 0.717) is 17.2 Å². The number of methoxy groups -OCH3 is 1. The zero-order valence-corrected chi connectivity index (χ0v) is 14.6. The maximum atomic E-state index is 13.2. The van der Waals surface area contributed by atoms with E-state index in [4.69, 9.17) is 10.5 Å². The van der Waals surface area contributed by atoms with E-state index in [1.54, 1.807) is 25.3 Å². The van der Waals surface area contributed by atoms with Gasteiger partial charge in [0, 0.05) is 18.0 Å². The molecule has 0 radical (unpaired) electrons.